The molecule has 1 amide bonds. The molecule has 2 aromatic rings. The first kappa shape index (κ1) is 15.7. The van der Waals surface area contributed by atoms with E-state index in [0.29, 0.717) is 17.3 Å². The van der Waals surface area contributed by atoms with Crippen molar-refractivity contribution < 1.29 is 9.18 Å². The summed E-state index contributed by atoms with van der Waals surface area (Å²) in [6.45, 7) is 0. The van der Waals surface area contributed by atoms with Crippen molar-refractivity contribution in [1.82, 2.24) is 4.98 Å². The van der Waals surface area contributed by atoms with Crippen LogP contribution in [-0.4, -0.2) is 10.9 Å². The van der Waals surface area contributed by atoms with E-state index in [1.54, 1.807) is 0 Å². The number of carbonyl (C=O) groups is 1. The molecule has 0 bridgehead atoms. The monoisotopic (exact) mass is 347 g/mol. The van der Waals surface area contributed by atoms with Crippen LogP contribution in [0.25, 0.3) is 6.08 Å². The summed E-state index contributed by atoms with van der Waals surface area (Å²) in [6, 6.07) is 5.67. The zero-order valence-corrected chi connectivity index (χ0v) is 13.4. The van der Waals surface area contributed by atoms with Gasteiger partial charge in [0, 0.05) is 17.0 Å². The Labute approximate surface area is 141 Å². The maximum Gasteiger partial charge on any atom is 0.266 e. The molecule has 1 aromatic heterocycles. The van der Waals surface area contributed by atoms with Crippen LogP contribution in [0, 0.1) is 17.1 Å². The van der Waals surface area contributed by atoms with Crippen molar-refractivity contribution in [3.63, 3.8) is 0 Å². The number of thiazole rings is 1. The van der Waals surface area contributed by atoms with E-state index in [0.717, 1.165) is 23.9 Å². The van der Waals surface area contributed by atoms with Gasteiger partial charge in [0.2, 0.25) is 0 Å². The normalized spacial score (nSPS) is 14.4. The molecule has 0 radical (unpaired) electrons. The number of benzene rings is 1. The molecule has 1 fully saturated rings. The van der Waals surface area contributed by atoms with Crippen molar-refractivity contribution in [2.75, 3.05) is 5.32 Å². The molecule has 0 aliphatic heterocycles. The van der Waals surface area contributed by atoms with Crippen molar-refractivity contribution in [1.29, 1.82) is 5.26 Å². The molecule has 3 rings (SSSR count). The van der Waals surface area contributed by atoms with Crippen LogP contribution >= 0.6 is 22.9 Å². The highest BCUT2D eigenvalue weighted by molar-refractivity contribution is 7.09. The molecular formula is C16H11ClFN3OS. The van der Waals surface area contributed by atoms with E-state index in [4.69, 9.17) is 11.6 Å². The second kappa shape index (κ2) is 6.49. The van der Waals surface area contributed by atoms with E-state index in [-0.39, 0.29) is 10.6 Å². The molecule has 0 atom stereocenters. The van der Waals surface area contributed by atoms with Gasteiger partial charge < -0.3 is 5.32 Å². The lowest BCUT2D eigenvalue weighted by molar-refractivity contribution is -0.112. The topological polar surface area (TPSA) is 65.8 Å². The molecule has 7 heteroatoms. The average Bonchev–Trinajstić information content (AvgIpc) is 3.28. The van der Waals surface area contributed by atoms with Crippen LogP contribution in [0.1, 0.15) is 29.5 Å². The Kier molecular flexibility index (Phi) is 4.42. The van der Waals surface area contributed by atoms with Gasteiger partial charge in [0.15, 0.2) is 0 Å². The molecule has 1 aliphatic rings. The molecule has 1 saturated carbocycles. The fraction of sp³-hybridized carbons (Fsp3) is 0.188. The second-order valence-corrected chi connectivity index (χ2v) is 6.43. The van der Waals surface area contributed by atoms with E-state index in [2.05, 4.69) is 10.3 Å². The van der Waals surface area contributed by atoms with Crippen LogP contribution in [0.15, 0.2) is 29.2 Å². The highest BCUT2D eigenvalue weighted by Crippen LogP contribution is 2.41. The molecule has 0 spiro atoms. The molecule has 116 valence electrons. The van der Waals surface area contributed by atoms with Gasteiger partial charge in [0.05, 0.1) is 15.7 Å². The van der Waals surface area contributed by atoms with Crippen LogP contribution < -0.4 is 5.32 Å². The van der Waals surface area contributed by atoms with Gasteiger partial charge in [0.25, 0.3) is 5.91 Å². The van der Waals surface area contributed by atoms with Crippen LogP contribution in [-0.2, 0) is 4.79 Å². The van der Waals surface area contributed by atoms with E-state index in [1.165, 1.54) is 29.5 Å². The van der Waals surface area contributed by atoms with Crippen LogP contribution in [0.2, 0.25) is 5.02 Å². The molecular weight excluding hydrogens is 337 g/mol. The number of rotatable bonds is 4. The summed E-state index contributed by atoms with van der Waals surface area (Å²) >= 11 is 7.20. The number of nitriles is 1. The Hall–Kier alpha value is -2.23. The number of nitrogens with one attached hydrogen (secondary N) is 1. The predicted octanol–water partition coefficient (Wildman–Crippen LogP) is 4.36. The summed E-state index contributed by atoms with van der Waals surface area (Å²) < 4.78 is 13.1. The Bertz CT molecular complexity index is 836. The molecule has 0 unspecified atom stereocenters. The number of amides is 1. The van der Waals surface area contributed by atoms with Crippen LogP contribution in [0.5, 0.6) is 0 Å². The molecule has 1 aromatic carbocycles. The Balaban J connectivity index is 1.76. The van der Waals surface area contributed by atoms with Crippen LogP contribution in [0.4, 0.5) is 10.1 Å². The third kappa shape index (κ3) is 3.76. The second-order valence-electron chi connectivity index (χ2n) is 5.14. The zero-order chi connectivity index (χ0) is 16.4. The first-order valence-electron chi connectivity index (χ1n) is 6.90. The summed E-state index contributed by atoms with van der Waals surface area (Å²) in [5.74, 6) is -0.630. The number of anilines is 1. The van der Waals surface area contributed by atoms with Crippen molar-refractivity contribution in [2.24, 2.45) is 0 Å². The summed E-state index contributed by atoms with van der Waals surface area (Å²) in [5, 5.41) is 14.5. The van der Waals surface area contributed by atoms with Gasteiger partial charge in [-0.05, 0) is 37.1 Å². The molecule has 23 heavy (non-hydrogen) atoms. The Morgan fingerprint density at radius 3 is 2.96 bits per heavy atom. The largest absolute Gasteiger partial charge is 0.321 e. The van der Waals surface area contributed by atoms with Gasteiger partial charge in [-0.1, -0.05) is 11.6 Å². The molecule has 1 aliphatic carbocycles. The lowest BCUT2D eigenvalue weighted by Crippen LogP contribution is -2.13. The molecule has 1 N–H and O–H groups in total. The van der Waals surface area contributed by atoms with Crippen molar-refractivity contribution in [3.05, 3.63) is 50.7 Å². The highest BCUT2D eigenvalue weighted by Gasteiger charge is 2.26. The zero-order valence-electron chi connectivity index (χ0n) is 11.8. The molecule has 4 nitrogen and oxygen atoms in total. The Morgan fingerprint density at radius 2 is 2.30 bits per heavy atom. The van der Waals surface area contributed by atoms with Gasteiger partial charge in [-0.2, -0.15) is 5.26 Å². The van der Waals surface area contributed by atoms with Crippen molar-refractivity contribution >= 4 is 40.6 Å². The molecule has 1 heterocycles. The van der Waals surface area contributed by atoms with Gasteiger partial charge in [-0.25, -0.2) is 9.37 Å². The first-order chi connectivity index (χ1) is 11.1. The highest BCUT2D eigenvalue weighted by atomic mass is 35.5. The van der Waals surface area contributed by atoms with E-state index < -0.39 is 11.7 Å². The Morgan fingerprint density at radius 1 is 1.52 bits per heavy atom. The average molecular weight is 348 g/mol. The minimum atomic E-state index is -0.587. The number of aromatic nitrogens is 1. The van der Waals surface area contributed by atoms with Crippen molar-refractivity contribution in [3.8, 4) is 6.07 Å². The van der Waals surface area contributed by atoms with Gasteiger partial charge in [-0.3, -0.25) is 4.79 Å². The summed E-state index contributed by atoms with van der Waals surface area (Å²) in [5.41, 5.74) is 0.846. The summed E-state index contributed by atoms with van der Waals surface area (Å²) in [7, 11) is 0. The van der Waals surface area contributed by atoms with Crippen molar-refractivity contribution in [2.45, 2.75) is 18.8 Å². The van der Waals surface area contributed by atoms with E-state index in [9.17, 15) is 14.4 Å². The van der Waals surface area contributed by atoms with Crippen LogP contribution in [0.3, 0.4) is 0 Å². The van der Waals surface area contributed by atoms with Gasteiger partial charge in [-0.15, -0.1) is 11.3 Å². The number of carbonyl (C=O) groups excluding carboxylic acids is 1. The van der Waals surface area contributed by atoms with E-state index in [1.807, 2.05) is 11.4 Å². The standard InChI is InChI=1S/C16H11ClFN3OS/c17-13-6-11(3-4-14(13)18)20-15(22)10(7-19)5-12-8-23-16(21-12)9-1-2-9/h3-6,8-9H,1-2H2,(H,20,22). The minimum absolute atomic E-state index is 0.0712. The SMILES string of the molecule is N#CC(=Cc1csc(C2CC2)n1)C(=O)Nc1ccc(F)c(Cl)c1. The lowest BCUT2D eigenvalue weighted by atomic mass is 10.2. The first-order valence-corrected chi connectivity index (χ1v) is 8.16. The quantitative estimate of drug-likeness (QED) is 0.660. The lowest BCUT2D eigenvalue weighted by Gasteiger charge is -2.04. The summed E-state index contributed by atoms with van der Waals surface area (Å²) in [6.07, 6.45) is 3.74. The number of nitrogens with zero attached hydrogens (tertiary/aromatic N) is 2. The third-order valence-electron chi connectivity index (χ3n) is 3.30. The number of hydrogen-bond acceptors (Lipinski definition) is 4. The fourth-order valence-electron chi connectivity index (χ4n) is 1.95. The fourth-order valence-corrected chi connectivity index (χ4v) is 3.08. The number of hydrogen-bond donors (Lipinski definition) is 1. The predicted molar refractivity (Wildman–Crippen MR) is 87.7 cm³/mol. The van der Waals surface area contributed by atoms with Gasteiger partial charge >= 0.3 is 0 Å². The number of halogens is 2. The van der Waals surface area contributed by atoms with E-state index >= 15 is 0 Å². The smallest absolute Gasteiger partial charge is 0.266 e. The summed E-state index contributed by atoms with van der Waals surface area (Å²) in [4.78, 5) is 16.5. The molecule has 0 saturated heterocycles. The third-order valence-corrected chi connectivity index (χ3v) is 4.62. The van der Waals surface area contributed by atoms with Gasteiger partial charge in [0.1, 0.15) is 17.5 Å². The maximum atomic E-state index is 13.1. The minimum Gasteiger partial charge on any atom is -0.321 e. The maximum absolute atomic E-state index is 13.1.